The van der Waals surface area contributed by atoms with Crippen molar-refractivity contribution in [3.05, 3.63) is 12.2 Å². The molecule has 82 valence electrons. The van der Waals surface area contributed by atoms with Gasteiger partial charge in [0.1, 0.15) is 0 Å². The van der Waals surface area contributed by atoms with E-state index >= 15 is 0 Å². The third-order valence-corrected chi connectivity index (χ3v) is 1.47. The summed E-state index contributed by atoms with van der Waals surface area (Å²) >= 11 is 0. The molecule has 0 aliphatic carbocycles. The molecule has 0 aliphatic heterocycles. The minimum atomic E-state index is -3.66. The van der Waals surface area contributed by atoms with Crippen LogP contribution in [0.1, 0.15) is 14.4 Å². The first kappa shape index (κ1) is 18.4. The van der Waals surface area contributed by atoms with E-state index in [1.165, 1.54) is 19.1 Å². The summed E-state index contributed by atoms with van der Waals surface area (Å²) in [7, 11) is -3.66. The van der Waals surface area contributed by atoms with Gasteiger partial charge in [-0.15, -0.1) is 0 Å². The molecule has 13 heavy (non-hydrogen) atoms. The second-order valence-electron chi connectivity index (χ2n) is 1.71. The van der Waals surface area contributed by atoms with Crippen molar-refractivity contribution in [3.8, 4) is 0 Å². The van der Waals surface area contributed by atoms with Crippen LogP contribution in [0.25, 0.3) is 0 Å². The van der Waals surface area contributed by atoms with Crippen LogP contribution in [0.15, 0.2) is 12.2 Å². The molecule has 0 saturated carbocycles. The fourth-order valence-electron chi connectivity index (χ4n) is 0.149. The first-order valence-electron chi connectivity index (χ1n) is 3.29. The molecule has 0 aliphatic rings. The van der Waals surface area contributed by atoms with Crippen molar-refractivity contribution in [2.45, 2.75) is 14.4 Å². The number of hydrogen-bond acceptors (Lipinski definition) is 4. The Labute approximate surface area is 79.5 Å². The molecule has 5 nitrogen and oxygen atoms in total. The molecule has 0 rings (SSSR count). The normalized spacial score (nSPS) is 10.2. The Morgan fingerprint density at radius 2 is 1.38 bits per heavy atom. The summed E-state index contributed by atoms with van der Waals surface area (Å²) in [4.78, 5) is 0. The highest BCUT2D eigenvalue weighted by Gasteiger charge is 1.93. The summed E-state index contributed by atoms with van der Waals surface area (Å²) in [5.41, 5.74) is 0. The molecule has 6 heteroatoms. The lowest BCUT2D eigenvalue weighted by atomic mass is 10.5. The Balaban J connectivity index is -0.000000143. The zero-order chi connectivity index (χ0) is 10.0. The Morgan fingerprint density at radius 1 is 1.15 bits per heavy atom. The summed E-state index contributed by atoms with van der Waals surface area (Å²) in [5, 5.41) is 16.0. The monoisotopic (exact) mass is 214 g/mol. The van der Waals surface area contributed by atoms with Crippen molar-refractivity contribution < 1.29 is 23.2 Å². The largest absolute Gasteiger partial charge is 0.392 e. The molecule has 0 spiro atoms. The molecule has 0 fully saturated rings. The van der Waals surface area contributed by atoms with Gasteiger partial charge < -0.3 is 10.2 Å². The maximum absolute atomic E-state index is 9.56. The lowest BCUT2D eigenvalue weighted by Gasteiger charge is -1.79. The maximum atomic E-state index is 9.56. The molecule has 0 unspecified atom stereocenters. The number of hydrogen-bond donors (Lipinski definition) is 3. The van der Waals surface area contributed by atoms with Gasteiger partial charge in [0.2, 0.25) is 0 Å². The van der Waals surface area contributed by atoms with Gasteiger partial charge in [-0.3, -0.25) is 4.55 Å². The van der Waals surface area contributed by atoms with Crippen LogP contribution in [0.4, 0.5) is 0 Å². The Hall–Kier alpha value is -0.430. The quantitative estimate of drug-likeness (QED) is 0.456. The molecule has 0 aromatic rings. The van der Waals surface area contributed by atoms with Crippen LogP contribution in [0.3, 0.4) is 0 Å². The average molecular weight is 214 g/mol. The van der Waals surface area contributed by atoms with Crippen molar-refractivity contribution in [3.63, 3.8) is 0 Å². The van der Waals surface area contributed by atoms with Gasteiger partial charge in [0.15, 0.2) is 0 Å². The minimum absolute atomic E-state index is 0. The predicted octanol–water partition coefficient (Wildman–Crippen LogP) is 0.0574. The summed E-state index contributed by atoms with van der Waals surface area (Å²) in [6.45, 7) is 1.40. The van der Waals surface area contributed by atoms with Gasteiger partial charge in [-0.25, -0.2) is 0 Å². The summed E-state index contributed by atoms with van der Waals surface area (Å²) in [5.74, 6) is -0.201. The van der Waals surface area contributed by atoms with Gasteiger partial charge in [-0.2, -0.15) is 8.42 Å². The van der Waals surface area contributed by atoms with Crippen LogP contribution in [0.5, 0.6) is 0 Å². The summed E-state index contributed by atoms with van der Waals surface area (Å²) in [6.07, 6.45) is 2.97. The maximum Gasteiger partial charge on any atom is 0.264 e. The fourth-order valence-corrected chi connectivity index (χ4v) is 0.149. The topological polar surface area (TPSA) is 94.8 Å². The molecule has 0 saturated heterocycles. The van der Waals surface area contributed by atoms with Gasteiger partial charge in [0.25, 0.3) is 10.1 Å². The average Bonchev–Trinajstić information content (AvgIpc) is 2.01. The molecular formula is C7H18O5S. The second kappa shape index (κ2) is 11.6. The molecule has 3 N–H and O–H groups in total. The Morgan fingerprint density at radius 3 is 1.46 bits per heavy atom. The van der Waals surface area contributed by atoms with E-state index in [0.29, 0.717) is 0 Å². The van der Waals surface area contributed by atoms with E-state index in [1.54, 1.807) is 0 Å². The highest BCUT2D eigenvalue weighted by atomic mass is 32.2. The van der Waals surface area contributed by atoms with E-state index in [1.807, 2.05) is 0 Å². The van der Waals surface area contributed by atoms with Gasteiger partial charge in [-0.1, -0.05) is 19.6 Å². The molecule has 0 atom stereocenters. The zero-order valence-electron chi connectivity index (χ0n) is 6.84. The predicted molar refractivity (Wildman–Crippen MR) is 52.1 cm³/mol. The number of rotatable bonds is 3. The lowest BCUT2D eigenvalue weighted by Crippen LogP contribution is -1.97. The van der Waals surface area contributed by atoms with Crippen LogP contribution in [-0.4, -0.2) is 42.2 Å². The Kier molecular flexibility index (Phi) is 16.4. The first-order valence-corrected chi connectivity index (χ1v) is 4.90. The van der Waals surface area contributed by atoms with E-state index in [9.17, 15) is 8.42 Å². The summed E-state index contributed by atoms with van der Waals surface area (Å²) < 4.78 is 26.9. The van der Waals surface area contributed by atoms with Gasteiger partial charge >= 0.3 is 0 Å². The van der Waals surface area contributed by atoms with E-state index in [-0.39, 0.29) is 26.4 Å². The highest BCUT2D eigenvalue weighted by molar-refractivity contribution is 7.85. The molecule has 0 aromatic heterocycles. The van der Waals surface area contributed by atoms with Crippen LogP contribution >= 0.6 is 0 Å². The van der Waals surface area contributed by atoms with E-state index in [4.69, 9.17) is 14.8 Å². The molecule has 0 amide bonds. The third kappa shape index (κ3) is 34.2. The third-order valence-electron chi connectivity index (χ3n) is 0.742. The molecular weight excluding hydrogens is 196 g/mol. The van der Waals surface area contributed by atoms with E-state index < -0.39 is 10.1 Å². The van der Waals surface area contributed by atoms with Crippen molar-refractivity contribution in [2.24, 2.45) is 0 Å². The fraction of sp³-hybridized carbons (Fsp3) is 0.714. The number of aliphatic hydroxyl groups excluding tert-OH is 2. The SMILES string of the molecule is C.CCS(=O)(=O)O.OCC=CCO. The molecule has 0 bridgehead atoms. The molecule has 0 aromatic carbocycles. The summed E-state index contributed by atoms with van der Waals surface area (Å²) in [6, 6.07) is 0. The number of aliphatic hydroxyl groups is 2. The Bertz CT molecular complexity index is 189. The standard InChI is InChI=1S/C4H8O2.C2H6O3S.CH4/c5-3-1-2-4-6;1-2-6(3,4)5;/h1-2,5-6H,3-4H2;2H2,1H3,(H,3,4,5);1H4. The molecule has 0 radical (unpaired) electrons. The lowest BCUT2D eigenvalue weighted by molar-refractivity contribution is 0.329. The van der Waals surface area contributed by atoms with Crippen LogP contribution in [0, 0.1) is 0 Å². The first-order chi connectivity index (χ1) is 5.47. The van der Waals surface area contributed by atoms with Gasteiger partial charge in [0, 0.05) is 0 Å². The van der Waals surface area contributed by atoms with Crippen LogP contribution < -0.4 is 0 Å². The zero-order valence-corrected chi connectivity index (χ0v) is 7.66. The van der Waals surface area contributed by atoms with Crippen LogP contribution in [-0.2, 0) is 10.1 Å². The second-order valence-corrected chi connectivity index (χ2v) is 3.45. The minimum Gasteiger partial charge on any atom is -0.392 e. The van der Waals surface area contributed by atoms with Gasteiger partial charge in [-0.05, 0) is 6.92 Å². The van der Waals surface area contributed by atoms with E-state index in [0.717, 1.165) is 0 Å². The van der Waals surface area contributed by atoms with E-state index in [2.05, 4.69) is 0 Å². The van der Waals surface area contributed by atoms with Crippen molar-refractivity contribution >= 4 is 10.1 Å². The smallest absolute Gasteiger partial charge is 0.264 e. The van der Waals surface area contributed by atoms with Gasteiger partial charge in [0.05, 0.1) is 19.0 Å². The van der Waals surface area contributed by atoms with Crippen molar-refractivity contribution in [1.29, 1.82) is 0 Å². The van der Waals surface area contributed by atoms with Crippen molar-refractivity contribution in [1.82, 2.24) is 0 Å². The van der Waals surface area contributed by atoms with Crippen molar-refractivity contribution in [2.75, 3.05) is 19.0 Å². The molecule has 0 heterocycles. The van der Waals surface area contributed by atoms with Crippen LogP contribution in [0.2, 0.25) is 0 Å². The highest BCUT2D eigenvalue weighted by Crippen LogP contribution is 1.74.